The second kappa shape index (κ2) is 7.79. The van der Waals surface area contributed by atoms with Gasteiger partial charge in [-0.2, -0.15) is 0 Å². The molecule has 0 amide bonds. The molecule has 1 aliphatic heterocycles. The van der Waals surface area contributed by atoms with Crippen molar-refractivity contribution in [3.8, 4) is 0 Å². The van der Waals surface area contributed by atoms with Gasteiger partial charge in [0.2, 0.25) is 0 Å². The Morgan fingerprint density at radius 3 is 2.71 bits per heavy atom. The monoisotopic (exact) mass is 331 g/mol. The van der Waals surface area contributed by atoms with Crippen molar-refractivity contribution in [3.63, 3.8) is 0 Å². The second-order valence-electron chi connectivity index (χ2n) is 6.30. The van der Waals surface area contributed by atoms with Gasteiger partial charge in [-0.1, -0.05) is 0 Å². The summed E-state index contributed by atoms with van der Waals surface area (Å²) in [5, 5.41) is 22.8. The number of aliphatic hydroxyl groups excluding tert-OH is 1. The van der Waals surface area contributed by atoms with Crippen molar-refractivity contribution in [2.24, 2.45) is 0 Å². The van der Waals surface area contributed by atoms with E-state index in [4.69, 9.17) is 0 Å². The second-order valence-corrected chi connectivity index (χ2v) is 6.30. The van der Waals surface area contributed by atoms with E-state index in [1.54, 1.807) is 12.1 Å². The Kier molecular flexibility index (Phi) is 5.50. The van der Waals surface area contributed by atoms with Crippen molar-refractivity contribution in [2.75, 3.05) is 39.3 Å². The molecule has 3 N–H and O–H groups in total. The molecule has 3 rings (SSSR count). The fourth-order valence-electron chi connectivity index (χ4n) is 3.42. The third-order valence-electron chi connectivity index (χ3n) is 4.68. The Hall–Kier alpha value is -1.89. The van der Waals surface area contributed by atoms with Crippen LogP contribution in [0.1, 0.15) is 22.3 Å². The number of nitrogens with one attached hydrogen (secondary N) is 1. The zero-order chi connectivity index (χ0) is 16.9. The largest absolute Gasteiger partial charge is 0.478 e. The molecule has 1 fully saturated rings. The standard InChI is InChI=1S/C18H25N3O3/c22-11-10-21-13-15(2-1-7-20-8-5-19-6-9-20)16-12-14(18(23)24)3-4-17(16)21/h3-4,12-13,19,22H,1-2,5-11H2,(H,23,24). The number of carboxylic acid groups (broad SMARTS) is 1. The SMILES string of the molecule is O=C(O)c1ccc2c(c1)c(CCCN1CCNCC1)cn2CCO. The van der Waals surface area contributed by atoms with Gasteiger partial charge in [-0.05, 0) is 43.1 Å². The lowest BCUT2D eigenvalue weighted by Crippen LogP contribution is -2.43. The Morgan fingerprint density at radius 2 is 2.00 bits per heavy atom. The molecule has 2 heterocycles. The molecule has 6 heteroatoms. The Morgan fingerprint density at radius 1 is 1.21 bits per heavy atom. The molecule has 130 valence electrons. The van der Waals surface area contributed by atoms with Crippen LogP contribution in [0.15, 0.2) is 24.4 Å². The van der Waals surface area contributed by atoms with Gasteiger partial charge in [0.1, 0.15) is 0 Å². The first kappa shape index (κ1) is 17.0. The molecule has 1 aliphatic rings. The van der Waals surface area contributed by atoms with E-state index < -0.39 is 5.97 Å². The molecule has 1 saturated heterocycles. The van der Waals surface area contributed by atoms with Crippen molar-refractivity contribution >= 4 is 16.9 Å². The molecule has 0 saturated carbocycles. The predicted molar refractivity (Wildman–Crippen MR) is 93.6 cm³/mol. The molecule has 1 aromatic carbocycles. The quantitative estimate of drug-likeness (QED) is 0.710. The van der Waals surface area contributed by atoms with Crippen LogP contribution in [-0.2, 0) is 13.0 Å². The van der Waals surface area contributed by atoms with Gasteiger partial charge in [0.05, 0.1) is 12.2 Å². The maximum atomic E-state index is 11.2. The third kappa shape index (κ3) is 3.77. The summed E-state index contributed by atoms with van der Waals surface area (Å²) in [6, 6.07) is 5.23. The van der Waals surface area contributed by atoms with Gasteiger partial charge in [0.25, 0.3) is 0 Å². The van der Waals surface area contributed by atoms with Gasteiger partial charge < -0.3 is 25.0 Å². The Bertz CT molecular complexity index is 705. The number of piperazine rings is 1. The van der Waals surface area contributed by atoms with E-state index >= 15 is 0 Å². The van der Waals surface area contributed by atoms with E-state index in [1.807, 2.05) is 10.6 Å². The minimum Gasteiger partial charge on any atom is -0.478 e. The van der Waals surface area contributed by atoms with Crippen LogP contribution in [0.5, 0.6) is 0 Å². The maximum absolute atomic E-state index is 11.2. The van der Waals surface area contributed by atoms with Crippen molar-refractivity contribution in [2.45, 2.75) is 19.4 Å². The van der Waals surface area contributed by atoms with E-state index in [0.717, 1.165) is 62.0 Å². The van der Waals surface area contributed by atoms with Crippen LogP contribution in [0.2, 0.25) is 0 Å². The number of rotatable bonds is 7. The highest BCUT2D eigenvalue weighted by atomic mass is 16.4. The summed E-state index contributed by atoms with van der Waals surface area (Å²) in [5.41, 5.74) is 2.47. The molecule has 0 atom stereocenters. The first-order chi connectivity index (χ1) is 11.7. The molecule has 0 radical (unpaired) electrons. The average molecular weight is 331 g/mol. The Labute approximate surface area is 141 Å². The van der Waals surface area contributed by atoms with Gasteiger partial charge in [-0.15, -0.1) is 0 Å². The summed E-state index contributed by atoms with van der Waals surface area (Å²) in [4.78, 5) is 13.7. The molecular formula is C18H25N3O3. The minimum absolute atomic E-state index is 0.0741. The highest BCUT2D eigenvalue weighted by Crippen LogP contribution is 2.24. The van der Waals surface area contributed by atoms with E-state index in [9.17, 15) is 15.0 Å². The van der Waals surface area contributed by atoms with Crippen LogP contribution in [0.4, 0.5) is 0 Å². The van der Waals surface area contributed by atoms with Crippen molar-refractivity contribution < 1.29 is 15.0 Å². The van der Waals surface area contributed by atoms with Crippen LogP contribution < -0.4 is 5.32 Å². The van der Waals surface area contributed by atoms with Gasteiger partial charge in [0, 0.05) is 49.8 Å². The minimum atomic E-state index is -0.904. The number of aryl methyl sites for hydroxylation is 1. The zero-order valence-corrected chi connectivity index (χ0v) is 13.9. The highest BCUT2D eigenvalue weighted by molar-refractivity contribution is 5.95. The number of carboxylic acids is 1. The first-order valence-corrected chi connectivity index (χ1v) is 8.58. The molecule has 24 heavy (non-hydrogen) atoms. The molecule has 0 aliphatic carbocycles. The van der Waals surface area contributed by atoms with E-state index in [-0.39, 0.29) is 6.61 Å². The van der Waals surface area contributed by atoms with Gasteiger partial charge in [0.15, 0.2) is 0 Å². The lowest BCUT2D eigenvalue weighted by atomic mass is 10.1. The number of carbonyl (C=O) groups is 1. The molecule has 0 bridgehead atoms. The van der Waals surface area contributed by atoms with Gasteiger partial charge in [-0.25, -0.2) is 4.79 Å². The van der Waals surface area contributed by atoms with Crippen LogP contribution in [0.3, 0.4) is 0 Å². The summed E-state index contributed by atoms with van der Waals surface area (Å²) < 4.78 is 2.01. The van der Waals surface area contributed by atoms with Crippen molar-refractivity contribution in [1.82, 2.24) is 14.8 Å². The lowest BCUT2D eigenvalue weighted by molar-refractivity contribution is 0.0697. The summed E-state index contributed by atoms with van der Waals surface area (Å²) in [6.45, 7) is 5.96. The van der Waals surface area contributed by atoms with E-state index in [0.29, 0.717) is 12.1 Å². The third-order valence-corrected chi connectivity index (χ3v) is 4.68. The molecular weight excluding hydrogens is 306 g/mol. The molecule has 0 unspecified atom stereocenters. The summed E-state index contributed by atoms with van der Waals surface area (Å²) in [6.07, 6.45) is 4.03. The topological polar surface area (TPSA) is 77.7 Å². The number of benzene rings is 1. The lowest BCUT2D eigenvalue weighted by Gasteiger charge is -2.26. The normalized spacial score (nSPS) is 15.9. The van der Waals surface area contributed by atoms with Crippen LogP contribution in [-0.4, -0.2) is 65.0 Å². The zero-order valence-electron chi connectivity index (χ0n) is 13.9. The number of aromatic carboxylic acids is 1. The first-order valence-electron chi connectivity index (χ1n) is 8.58. The summed E-state index contributed by atoms with van der Waals surface area (Å²) >= 11 is 0. The van der Waals surface area contributed by atoms with Gasteiger partial charge in [-0.3, -0.25) is 0 Å². The van der Waals surface area contributed by atoms with Crippen LogP contribution in [0, 0.1) is 0 Å². The van der Waals surface area contributed by atoms with Crippen LogP contribution in [0.25, 0.3) is 10.9 Å². The Balaban J connectivity index is 1.77. The molecule has 1 aromatic heterocycles. The van der Waals surface area contributed by atoms with Crippen LogP contribution >= 0.6 is 0 Å². The maximum Gasteiger partial charge on any atom is 0.335 e. The molecule has 6 nitrogen and oxygen atoms in total. The fraction of sp³-hybridized carbons (Fsp3) is 0.500. The predicted octanol–water partition coefficient (Wildman–Crippen LogP) is 1.17. The smallest absolute Gasteiger partial charge is 0.335 e. The van der Waals surface area contributed by atoms with Crippen molar-refractivity contribution in [3.05, 3.63) is 35.5 Å². The number of hydrogen-bond acceptors (Lipinski definition) is 4. The van der Waals surface area contributed by atoms with E-state index in [2.05, 4.69) is 16.4 Å². The highest BCUT2D eigenvalue weighted by Gasteiger charge is 2.13. The average Bonchev–Trinajstić information content (AvgIpc) is 2.93. The molecule has 0 spiro atoms. The number of nitrogens with zero attached hydrogens (tertiary/aromatic N) is 2. The van der Waals surface area contributed by atoms with Crippen molar-refractivity contribution in [1.29, 1.82) is 0 Å². The summed E-state index contributed by atoms with van der Waals surface area (Å²) in [7, 11) is 0. The summed E-state index contributed by atoms with van der Waals surface area (Å²) in [5.74, 6) is -0.904. The number of hydrogen-bond donors (Lipinski definition) is 3. The number of aliphatic hydroxyl groups is 1. The fourth-order valence-corrected chi connectivity index (χ4v) is 3.42. The number of aromatic nitrogens is 1. The van der Waals surface area contributed by atoms with Gasteiger partial charge >= 0.3 is 5.97 Å². The molecule has 2 aromatic rings. The van der Waals surface area contributed by atoms with E-state index in [1.165, 1.54) is 0 Å². The number of fused-ring (bicyclic) bond motifs is 1.